The predicted octanol–water partition coefficient (Wildman–Crippen LogP) is 3.24. The number of rotatable bonds is 20. The molecule has 7 saturated heterocycles. The summed E-state index contributed by atoms with van der Waals surface area (Å²) in [6.45, 7) is 24.4. The number of carbonyl (C=O) groups is 9. The Bertz CT molecular complexity index is 5390. The Morgan fingerprint density at radius 1 is 0.307 bits per heavy atom. The van der Waals surface area contributed by atoms with E-state index in [9.17, 15) is 89.1 Å². The Morgan fingerprint density at radius 2 is 0.606 bits per heavy atom. The van der Waals surface area contributed by atoms with Gasteiger partial charge in [0.05, 0.1) is 85.1 Å². The van der Waals surface area contributed by atoms with E-state index in [0.717, 1.165) is 240 Å². The van der Waals surface area contributed by atoms with E-state index >= 15 is 0 Å². The van der Waals surface area contributed by atoms with E-state index in [1.54, 1.807) is 152 Å². The zero-order valence-electron chi connectivity index (χ0n) is 77.1. The first-order valence-electron chi connectivity index (χ1n) is 44.9. The summed E-state index contributed by atoms with van der Waals surface area (Å²) >= 11 is 3.84. The fraction of sp³-hybridized carbons (Fsp3) is 0.311. The summed E-state index contributed by atoms with van der Waals surface area (Å²) in [6.07, 6.45) is 1.11. The van der Waals surface area contributed by atoms with Crippen molar-refractivity contribution in [3.05, 3.63) is 293 Å². The van der Waals surface area contributed by atoms with Crippen molar-refractivity contribution in [1.29, 1.82) is 0 Å². The molecule has 137 heavy (non-hydrogen) atoms. The van der Waals surface area contributed by atoms with Crippen molar-refractivity contribution in [2.75, 3.05) is 233 Å². The highest BCUT2D eigenvalue weighted by Gasteiger charge is 2.20. The van der Waals surface area contributed by atoms with Crippen LogP contribution < -0.4 is 101 Å². The lowest BCUT2D eigenvalue weighted by molar-refractivity contribution is -0.256. The van der Waals surface area contributed by atoms with Gasteiger partial charge in [-0.05, 0) is 220 Å². The molecule has 11 aromatic carbocycles. The average Bonchev–Trinajstić information content (AvgIpc) is 1.42. The number of morpholine rings is 1. The molecule has 7 aliphatic heterocycles. The van der Waals surface area contributed by atoms with Crippen LogP contribution in [0.2, 0.25) is 0 Å². The van der Waals surface area contributed by atoms with Crippen molar-refractivity contribution >= 4 is 150 Å². The summed E-state index contributed by atoms with van der Waals surface area (Å²) in [7, 11) is 6.05. The number of carboxylic acids is 9. The van der Waals surface area contributed by atoms with Gasteiger partial charge in [0.1, 0.15) is 6.73 Å². The summed E-state index contributed by atoms with van der Waals surface area (Å²) in [5, 5.41) is 104. The number of nitrogens with zero attached hydrogens (tertiary/aromatic N) is 10. The second-order valence-corrected chi connectivity index (χ2v) is 34.5. The lowest BCUT2D eigenvalue weighted by Gasteiger charge is -2.34. The molecule has 7 heterocycles. The molecule has 0 aromatic heterocycles. The molecule has 7 fully saturated rings. The molecular weight excluding hydrogens is 1790 g/mol. The van der Waals surface area contributed by atoms with E-state index in [1.165, 1.54) is 0 Å². The third-order valence-corrected chi connectivity index (χ3v) is 24.9. The van der Waals surface area contributed by atoms with Crippen LogP contribution in [0.1, 0.15) is 113 Å². The van der Waals surface area contributed by atoms with Crippen LogP contribution in [0.25, 0.3) is 21.5 Å². The first-order chi connectivity index (χ1) is 66.0. The number of hydrogen-bond donors (Lipinski definition) is 2. The third kappa shape index (κ3) is 32.9. The van der Waals surface area contributed by atoms with Crippen LogP contribution in [0.15, 0.2) is 243 Å². The van der Waals surface area contributed by atoms with E-state index in [1.807, 2.05) is 137 Å². The zero-order valence-corrected chi connectivity index (χ0v) is 78.8. The summed E-state index contributed by atoms with van der Waals surface area (Å²) in [5.74, 6) is -5.75. The molecule has 0 atom stereocenters. The number of carbonyl (C=O) groups excluding carboxylic acids is 9. The smallest absolute Gasteiger partial charge is 0.119 e. The molecule has 0 aliphatic carbocycles. The van der Waals surface area contributed by atoms with Gasteiger partial charge in [-0.3, -0.25) is 0 Å². The second-order valence-electron chi connectivity index (χ2n) is 32.2. The standard InChI is InChI=1S/C15H17NO2.C13H13NO2.C12H16N2O2.C11H14N2O2.C11H13NO3.C11H13NO2S.C10H12N2O2.C10H11NO3.C10H11NO2S/c1-3-16(4-2)14-8-7-11-9-13(15(17)18)6-5-12(11)10-14;1-14(2)12-6-5-9-7-11(13(15)16)4-3-10(9)8-12;1-13-6-8-14(9-7-13)11-4-2-10(3-5-11)12(15)16;14-11(15)9-1-3-10(4-2-9)13-7-5-12-6-8-13;2*13-11(14)9-1-3-10(4-2-9)12-5-7-15-8-6-12;13-10(14)8-2-4-9(5-3-8)12-7-1-6-11-12;2*12-10(13)8-1-3-9(4-2-8)11-5-6-14-7-11/h5-10H,3-4H2,1-2H3,(H,17,18);3-8H,1-2H3,(H,15,16);2-5H,6-9H2,1H3,(H,15,16);1-4,12H,5-8H2,(H,14,15);2*1-4H,5-8H2,(H,13,14);2-5,11H,1,6-7H2,(H,13,14);2*1-4H,5-7H2,(H,12,13)/p-9. The van der Waals surface area contributed by atoms with Gasteiger partial charge in [0.15, 0.2) is 0 Å². The number of carboxylic acid groups (broad SMARTS) is 9. The molecule has 0 radical (unpaired) electrons. The molecular formula is C103H111N12O20S2-9. The first kappa shape index (κ1) is 105. The summed E-state index contributed by atoms with van der Waals surface area (Å²) < 4.78 is 10.4. The van der Waals surface area contributed by atoms with Crippen LogP contribution in [-0.2, 0) is 9.47 Å². The number of thioether (sulfide) groups is 2. The van der Waals surface area contributed by atoms with Gasteiger partial charge in [0.25, 0.3) is 0 Å². The Kier molecular flexibility index (Phi) is 41.2. The molecule has 0 spiro atoms. The number of benzene rings is 11. The number of anilines is 9. The van der Waals surface area contributed by atoms with Gasteiger partial charge in [-0.25, -0.2) is 5.43 Å². The highest BCUT2D eigenvalue weighted by Crippen LogP contribution is 2.29. The first-order valence-corrected chi connectivity index (χ1v) is 47.2. The minimum absolute atomic E-state index is 0.203. The number of fused-ring (bicyclic) bond motifs is 2. The quantitative estimate of drug-likeness (QED) is 0.111. The van der Waals surface area contributed by atoms with E-state index in [0.29, 0.717) is 6.73 Å². The molecule has 0 amide bonds. The van der Waals surface area contributed by atoms with Crippen LogP contribution in [0, 0.1) is 0 Å². The number of hydrazine groups is 1. The maximum atomic E-state index is 10.8. The number of nitrogens with one attached hydrogen (secondary N) is 2. The predicted molar refractivity (Wildman–Crippen MR) is 520 cm³/mol. The molecule has 32 nitrogen and oxygen atoms in total. The monoisotopic (exact) mass is 1900 g/mol. The SMILES string of the molecule is CCN(CC)c1ccc2cc(C(=O)[O-])ccc2c1.CN(C)c1ccc2cc(C(=O)[O-])ccc2c1.CN1CCN(c2ccc(C(=O)[O-])cc2)CC1.O=C([O-])c1ccc(N2CCCN2)cc1.O=C([O-])c1ccc(N2CCNCC2)cc1.O=C([O-])c1ccc(N2CCOC2)cc1.O=C([O-])c1ccc(N2CCOCC2)cc1.O=C([O-])c1ccc(N2CCSC2)cc1.O=C([O-])c1ccc(N2CCSCC2)cc1. The Morgan fingerprint density at radius 3 is 0.949 bits per heavy atom. The van der Waals surface area contributed by atoms with E-state index in [4.69, 9.17) is 9.47 Å². The number of piperazine rings is 2. The third-order valence-electron chi connectivity index (χ3n) is 23.0. The van der Waals surface area contributed by atoms with Gasteiger partial charge in [0, 0.05) is 195 Å². The van der Waals surface area contributed by atoms with Crippen molar-refractivity contribution in [2.24, 2.45) is 0 Å². The largest absolute Gasteiger partial charge is 0.545 e. The van der Waals surface area contributed by atoms with Crippen LogP contribution in [-0.4, -0.2) is 247 Å². The Hall–Kier alpha value is -14.1. The number of ether oxygens (including phenoxy) is 2. The Balaban J connectivity index is 0.000000159. The lowest BCUT2D eigenvalue weighted by Crippen LogP contribution is -2.44. The molecule has 0 unspecified atom stereocenters. The summed E-state index contributed by atoms with van der Waals surface area (Å²) in [5.41, 5.74) is 14.8. The van der Waals surface area contributed by atoms with E-state index in [2.05, 4.69) is 72.0 Å². The minimum Gasteiger partial charge on any atom is -0.545 e. The summed E-state index contributed by atoms with van der Waals surface area (Å²) in [6, 6.07) is 69.5. The van der Waals surface area contributed by atoms with E-state index in [-0.39, 0.29) is 50.1 Å². The topological polar surface area (TPSA) is 436 Å². The maximum Gasteiger partial charge on any atom is 0.119 e. The Labute approximate surface area is 805 Å². The average molecular weight is 1900 g/mol. The number of hydrogen-bond acceptors (Lipinski definition) is 34. The van der Waals surface area contributed by atoms with Crippen molar-refractivity contribution in [2.45, 2.75) is 20.3 Å². The van der Waals surface area contributed by atoms with Gasteiger partial charge in [-0.15, -0.1) is 11.8 Å². The molecule has 34 heteroatoms. The molecule has 0 saturated carbocycles. The van der Waals surface area contributed by atoms with Gasteiger partial charge in [-0.1, -0.05) is 121 Å². The number of aromatic carboxylic acids is 9. The fourth-order valence-corrected chi connectivity index (χ4v) is 16.9. The van der Waals surface area contributed by atoms with Gasteiger partial charge in [-0.2, -0.15) is 11.8 Å². The van der Waals surface area contributed by atoms with Gasteiger partial charge in [0.2, 0.25) is 0 Å². The highest BCUT2D eigenvalue weighted by atomic mass is 32.2. The molecule has 7 aliphatic rings. The van der Waals surface area contributed by atoms with Crippen LogP contribution in [0.4, 0.5) is 51.2 Å². The van der Waals surface area contributed by atoms with Gasteiger partial charge < -0.3 is 153 Å². The van der Waals surface area contributed by atoms with E-state index < -0.39 is 53.7 Å². The number of likely N-dealkylation sites (N-methyl/N-ethyl adjacent to an activating group) is 1. The van der Waals surface area contributed by atoms with Crippen LogP contribution in [0.3, 0.4) is 0 Å². The van der Waals surface area contributed by atoms with Crippen LogP contribution in [0.5, 0.6) is 0 Å². The molecule has 2 N–H and O–H groups in total. The van der Waals surface area contributed by atoms with Crippen molar-refractivity contribution in [3.63, 3.8) is 0 Å². The molecule has 11 aromatic rings. The second kappa shape index (κ2) is 53.8. The molecule has 0 bridgehead atoms. The van der Waals surface area contributed by atoms with Crippen molar-refractivity contribution in [3.8, 4) is 0 Å². The fourth-order valence-electron chi connectivity index (χ4n) is 15.0. The van der Waals surface area contributed by atoms with Crippen molar-refractivity contribution < 1.29 is 98.6 Å². The highest BCUT2D eigenvalue weighted by molar-refractivity contribution is 7.99. The minimum atomic E-state index is -1.14. The molecule has 18 rings (SSSR count). The van der Waals surface area contributed by atoms with Crippen LogP contribution >= 0.6 is 23.5 Å². The molecule has 724 valence electrons. The lowest BCUT2D eigenvalue weighted by atomic mass is 10.1. The normalized spacial score (nSPS) is 14.9. The van der Waals surface area contributed by atoms with Crippen molar-refractivity contribution in [1.82, 2.24) is 15.6 Å². The zero-order chi connectivity index (χ0) is 98.3. The maximum absolute atomic E-state index is 10.8. The summed E-state index contributed by atoms with van der Waals surface area (Å²) in [4.78, 5) is 115. The van der Waals surface area contributed by atoms with Gasteiger partial charge >= 0.3 is 0 Å².